The van der Waals surface area contributed by atoms with Crippen molar-refractivity contribution in [2.24, 2.45) is 11.8 Å². The normalized spacial score (nSPS) is 37.3. The lowest BCUT2D eigenvalue weighted by atomic mass is 9.73. The third-order valence-electron chi connectivity index (χ3n) is 6.04. The van der Waals surface area contributed by atoms with Gasteiger partial charge in [-0.3, -0.25) is 4.79 Å². The van der Waals surface area contributed by atoms with Gasteiger partial charge >= 0.3 is 0 Å². The molecule has 27 heavy (non-hydrogen) atoms. The summed E-state index contributed by atoms with van der Waals surface area (Å²) in [6.07, 6.45) is 3.70. The van der Waals surface area contributed by atoms with Crippen LogP contribution in [0.1, 0.15) is 65.2 Å². The van der Waals surface area contributed by atoms with E-state index in [2.05, 4.69) is 13.8 Å². The van der Waals surface area contributed by atoms with E-state index in [0.717, 1.165) is 44.9 Å². The lowest BCUT2D eigenvalue weighted by molar-refractivity contribution is -0.220. The fraction of sp³-hybridized carbons (Fsp3) is 0.857. The van der Waals surface area contributed by atoms with Crippen molar-refractivity contribution in [2.75, 3.05) is 6.61 Å². The fourth-order valence-electron chi connectivity index (χ4n) is 4.31. The van der Waals surface area contributed by atoms with Crippen LogP contribution in [0.15, 0.2) is 11.6 Å². The molecule has 0 radical (unpaired) electrons. The van der Waals surface area contributed by atoms with Crippen LogP contribution in [0.2, 0.25) is 0 Å². The van der Waals surface area contributed by atoms with Gasteiger partial charge in [-0.05, 0) is 24.7 Å². The summed E-state index contributed by atoms with van der Waals surface area (Å²) in [5, 5.41) is 39.8. The standard InChI is InChI=1S/C21H36O6/c1-3-5-7-9-14-11-16(23)15(10-13(14)8-6-4-2)21-20(26)19(25)18(24)17(12-22)27-21/h10,13-14,17-22,24-26H,3-9,11-12H2,1-2H3/t13-,14-,17?,18?,19?,20?,21?/m0/s1. The van der Waals surface area contributed by atoms with Gasteiger partial charge in [0.15, 0.2) is 5.78 Å². The van der Waals surface area contributed by atoms with Crippen molar-refractivity contribution in [3.8, 4) is 0 Å². The summed E-state index contributed by atoms with van der Waals surface area (Å²) in [7, 11) is 0. The average molecular weight is 385 g/mol. The van der Waals surface area contributed by atoms with Crippen LogP contribution in [0.25, 0.3) is 0 Å². The minimum Gasteiger partial charge on any atom is -0.394 e. The van der Waals surface area contributed by atoms with Crippen LogP contribution in [-0.4, -0.2) is 63.3 Å². The lowest BCUT2D eigenvalue weighted by Gasteiger charge is -2.42. The molecule has 1 aliphatic heterocycles. The van der Waals surface area contributed by atoms with E-state index < -0.39 is 37.1 Å². The quantitative estimate of drug-likeness (QED) is 0.451. The SMILES string of the molecule is CCCCC[C@H]1CC(=O)C(C2OC(CO)C(O)C(O)C2O)=C[C@@H]1CCCC. The molecule has 5 unspecified atom stereocenters. The molecule has 0 bridgehead atoms. The molecule has 0 aromatic heterocycles. The summed E-state index contributed by atoms with van der Waals surface area (Å²) in [6, 6.07) is 0. The predicted molar refractivity (Wildman–Crippen MR) is 102 cm³/mol. The summed E-state index contributed by atoms with van der Waals surface area (Å²) >= 11 is 0. The predicted octanol–water partition coefficient (Wildman–Crippen LogP) is 1.73. The second kappa shape index (κ2) is 10.7. The number of unbranched alkanes of at least 4 members (excludes halogenated alkanes) is 3. The first-order chi connectivity index (χ1) is 12.9. The van der Waals surface area contributed by atoms with E-state index in [1.54, 1.807) is 0 Å². The summed E-state index contributed by atoms with van der Waals surface area (Å²) in [5.41, 5.74) is 0.389. The van der Waals surface area contributed by atoms with Crippen molar-refractivity contribution < 1.29 is 30.0 Å². The number of rotatable bonds is 9. The highest BCUT2D eigenvalue weighted by molar-refractivity contribution is 5.97. The van der Waals surface area contributed by atoms with E-state index in [0.29, 0.717) is 17.9 Å². The monoisotopic (exact) mass is 384 g/mol. The van der Waals surface area contributed by atoms with Gasteiger partial charge in [0.25, 0.3) is 0 Å². The first-order valence-corrected chi connectivity index (χ1v) is 10.5. The zero-order valence-electron chi connectivity index (χ0n) is 16.6. The van der Waals surface area contributed by atoms with Crippen molar-refractivity contribution in [2.45, 2.75) is 95.7 Å². The number of carbonyl (C=O) groups is 1. The number of hydrogen-bond donors (Lipinski definition) is 4. The van der Waals surface area contributed by atoms with Crippen LogP contribution in [0.3, 0.4) is 0 Å². The Morgan fingerprint density at radius 1 is 1.00 bits per heavy atom. The van der Waals surface area contributed by atoms with Gasteiger partial charge in [-0.1, -0.05) is 52.0 Å². The molecule has 1 aliphatic carbocycles. The third-order valence-corrected chi connectivity index (χ3v) is 6.04. The molecule has 0 saturated carbocycles. The molecule has 0 spiro atoms. The van der Waals surface area contributed by atoms with Gasteiger partial charge in [-0.2, -0.15) is 0 Å². The Bertz CT molecular complexity index is 503. The fourth-order valence-corrected chi connectivity index (χ4v) is 4.31. The van der Waals surface area contributed by atoms with Crippen LogP contribution < -0.4 is 0 Å². The van der Waals surface area contributed by atoms with E-state index in [-0.39, 0.29) is 11.7 Å². The minimum atomic E-state index is -1.45. The first kappa shape index (κ1) is 22.5. The maximum Gasteiger partial charge on any atom is 0.161 e. The third kappa shape index (κ3) is 5.39. The number of hydrogen-bond acceptors (Lipinski definition) is 6. The van der Waals surface area contributed by atoms with E-state index in [1.807, 2.05) is 6.08 Å². The van der Waals surface area contributed by atoms with Crippen LogP contribution in [0.4, 0.5) is 0 Å². The highest BCUT2D eigenvalue weighted by atomic mass is 16.5. The van der Waals surface area contributed by atoms with Crippen molar-refractivity contribution in [3.63, 3.8) is 0 Å². The van der Waals surface area contributed by atoms with Crippen molar-refractivity contribution in [1.82, 2.24) is 0 Å². The second-order valence-electron chi connectivity index (χ2n) is 8.06. The van der Waals surface area contributed by atoms with Crippen molar-refractivity contribution in [3.05, 3.63) is 11.6 Å². The summed E-state index contributed by atoms with van der Waals surface area (Å²) in [6.45, 7) is 3.82. The van der Waals surface area contributed by atoms with Crippen LogP contribution in [-0.2, 0) is 9.53 Å². The molecule has 156 valence electrons. The molecule has 0 aromatic carbocycles. The van der Waals surface area contributed by atoms with Gasteiger partial charge in [0.2, 0.25) is 0 Å². The number of ether oxygens (including phenoxy) is 1. The summed E-state index contributed by atoms with van der Waals surface area (Å²) in [4.78, 5) is 12.8. The van der Waals surface area contributed by atoms with Gasteiger partial charge < -0.3 is 25.2 Å². The molecule has 0 amide bonds. The van der Waals surface area contributed by atoms with E-state index in [9.17, 15) is 25.2 Å². The molecule has 4 N–H and O–H groups in total. The zero-order chi connectivity index (χ0) is 20.0. The molecule has 2 rings (SSSR count). The average Bonchev–Trinajstić information content (AvgIpc) is 2.66. The van der Waals surface area contributed by atoms with Crippen molar-refractivity contribution in [1.29, 1.82) is 0 Å². The summed E-state index contributed by atoms with van der Waals surface area (Å²) < 4.78 is 5.63. The van der Waals surface area contributed by atoms with Gasteiger partial charge in [-0.15, -0.1) is 0 Å². The molecule has 0 aromatic rings. The highest BCUT2D eigenvalue weighted by Gasteiger charge is 2.47. The van der Waals surface area contributed by atoms with Crippen molar-refractivity contribution >= 4 is 5.78 Å². The van der Waals surface area contributed by atoms with Gasteiger partial charge in [-0.25, -0.2) is 0 Å². The molecule has 7 atom stereocenters. The molecular weight excluding hydrogens is 348 g/mol. The first-order valence-electron chi connectivity index (χ1n) is 10.5. The van der Waals surface area contributed by atoms with Crippen LogP contribution >= 0.6 is 0 Å². The topological polar surface area (TPSA) is 107 Å². The maximum atomic E-state index is 12.8. The van der Waals surface area contributed by atoms with Gasteiger partial charge in [0.05, 0.1) is 6.61 Å². The molecular formula is C21H36O6. The van der Waals surface area contributed by atoms with Gasteiger partial charge in [0.1, 0.15) is 30.5 Å². The van der Waals surface area contributed by atoms with Crippen LogP contribution in [0, 0.1) is 11.8 Å². The Hall–Kier alpha value is -0.790. The molecule has 1 saturated heterocycles. The Balaban J connectivity index is 2.21. The second-order valence-corrected chi connectivity index (χ2v) is 8.06. The number of carbonyl (C=O) groups excluding carboxylic acids is 1. The molecule has 2 aliphatic rings. The zero-order valence-corrected chi connectivity index (χ0v) is 16.6. The molecule has 6 heteroatoms. The Labute approximate surface area is 162 Å². The number of allylic oxidation sites excluding steroid dienone is 1. The molecule has 6 nitrogen and oxygen atoms in total. The van der Waals surface area contributed by atoms with E-state index >= 15 is 0 Å². The summed E-state index contributed by atoms with van der Waals surface area (Å²) in [5.74, 6) is 0.500. The Kier molecular flexibility index (Phi) is 8.89. The largest absolute Gasteiger partial charge is 0.394 e. The lowest BCUT2D eigenvalue weighted by Crippen LogP contribution is -2.59. The Morgan fingerprint density at radius 2 is 1.70 bits per heavy atom. The Morgan fingerprint density at radius 3 is 2.33 bits per heavy atom. The smallest absolute Gasteiger partial charge is 0.161 e. The van der Waals surface area contributed by atoms with Gasteiger partial charge in [0, 0.05) is 12.0 Å². The van der Waals surface area contributed by atoms with E-state index in [1.165, 1.54) is 0 Å². The maximum absolute atomic E-state index is 12.8. The molecule has 1 heterocycles. The number of ketones is 1. The number of aliphatic hydroxyl groups is 4. The number of aliphatic hydroxyl groups excluding tert-OH is 4. The van der Waals surface area contributed by atoms with Crippen LogP contribution in [0.5, 0.6) is 0 Å². The minimum absolute atomic E-state index is 0.0615. The molecule has 1 fully saturated rings. The van der Waals surface area contributed by atoms with E-state index in [4.69, 9.17) is 4.74 Å². The highest BCUT2D eigenvalue weighted by Crippen LogP contribution is 2.37. The number of Topliss-reactive ketones (excluding diaryl/α,β-unsaturated/α-hetero) is 1.